The molecule has 0 amide bonds. The van der Waals surface area contributed by atoms with Crippen LogP contribution in [0.2, 0.25) is 0 Å². The Balaban J connectivity index is 2.90. The summed E-state index contributed by atoms with van der Waals surface area (Å²) < 4.78 is 94.0. The average molecular weight is 487 g/mol. The minimum absolute atomic E-state index is 0.0258. The quantitative estimate of drug-likeness (QED) is 0.354. The van der Waals surface area contributed by atoms with Gasteiger partial charge in [0.15, 0.2) is 0 Å². The first kappa shape index (κ1) is 20.5. The third-order valence-corrected chi connectivity index (χ3v) is 4.54. The number of rotatable bonds is 2. The molecule has 0 aliphatic carbocycles. The normalized spacial score (nSPS) is 12.8. The first-order valence-electron chi connectivity index (χ1n) is 6.96. The fourth-order valence-electron chi connectivity index (χ4n) is 2.48. The zero-order valence-corrected chi connectivity index (χ0v) is 15.1. The lowest BCUT2D eigenvalue weighted by molar-refractivity contribution is -0.348. The number of nitrogens with zero attached hydrogens (tertiary/aromatic N) is 1. The van der Waals surface area contributed by atoms with Crippen molar-refractivity contribution in [2.24, 2.45) is 0 Å². The Hall–Kier alpha value is -1.83. The second kappa shape index (κ2) is 6.72. The SMILES string of the molecule is Cc1cc(I)c(-c2ccc(C#N)cc2)c(C(F)(C(F)(F)F)C(F)(F)F)c1. The first-order chi connectivity index (χ1) is 11.8. The maximum Gasteiger partial charge on any atom is 0.435 e. The molecule has 0 bridgehead atoms. The molecular formula is C17H9F7IN. The van der Waals surface area contributed by atoms with E-state index < -0.39 is 29.1 Å². The molecule has 0 aromatic heterocycles. The van der Waals surface area contributed by atoms with Crippen LogP contribution in [0.1, 0.15) is 16.7 Å². The summed E-state index contributed by atoms with van der Waals surface area (Å²) in [5.74, 6) is 0. The molecule has 0 fully saturated rings. The molecular weight excluding hydrogens is 478 g/mol. The summed E-state index contributed by atoms with van der Waals surface area (Å²) in [5, 5.41) is 8.78. The summed E-state index contributed by atoms with van der Waals surface area (Å²) in [7, 11) is 0. The molecule has 2 rings (SSSR count). The second-order valence-corrected chi connectivity index (χ2v) is 6.67. The molecule has 2 aromatic rings. The van der Waals surface area contributed by atoms with Gasteiger partial charge in [0.05, 0.1) is 11.6 Å². The summed E-state index contributed by atoms with van der Waals surface area (Å²) in [5.41, 5.74) is -7.41. The molecule has 138 valence electrons. The standard InChI is InChI=1S/C17H9F7IN/c1-9-6-12(15(18,16(19,20)21)17(22,23)24)14(13(25)7-9)11-4-2-10(8-26)3-5-11/h2-7H,1H3. The molecule has 0 saturated heterocycles. The Morgan fingerprint density at radius 3 is 1.81 bits per heavy atom. The predicted molar refractivity (Wildman–Crippen MR) is 88.9 cm³/mol. The summed E-state index contributed by atoms with van der Waals surface area (Å²) in [6.45, 7) is 1.28. The summed E-state index contributed by atoms with van der Waals surface area (Å²) in [4.78, 5) is 0. The van der Waals surface area contributed by atoms with Crippen molar-refractivity contribution in [1.29, 1.82) is 5.26 Å². The fourth-order valence-corrected chi connectivity index (χ4v) is 3.58. The summed E-state index contributed by atoms with van der Waals surface area (Å²) in [6.07, 6.45) is -12.4. The van der Waals surface area contributed by atoms with Gasteiger partial charge in [-0.3, -0.25) is 0 Å². The lowest BCUT2D eigenvalue weighted by Crippen LogP contribution is -2.50. The molecule has 0 aliphatic heterocycles. The maximum atomic E-state index is 14.7. The summed E-state index contributed by atoms with van der Waals surface area (Å²) >= 11 is 1.56. The van der Waals surface area contributed by atoms with Crippen molar-refractivity contribution in [1.82, 2.24) is 0 Å². The van der Waals surface area contributed by atoms with Crippen LogP contribution in [0.3, 0.4) is 0 Å². The van der Waals surface area contributed by atoms with Crippen LogP contribution in [0.25, 0.3) is 11.1 Å². The minimum Gasteiger partial charge on any atom is -0.218 e. The van der Waals surface area contributed by atoms with Gasteiger partial charge in [-0.1, -0.05) is 18.2 Å². The molecule has 0 N–H and O–H groups in total. The van der Waals surface area contributed by atoms with E-state index in [0.717, 1.165) is 0 Å². The molecule has 26 heavy (non-hydrogen) atoms. The van der Waals surface area contributed by atoms with E-state index in [9.17, 15) is 30.7 Å². The number of alkyl halides is 7. The third kappa shape index (κ3) is 3.39. The van der Waals surface area contributed by atoms with Gasteiger partial charge in [0, 0.05) is 14.7 Å². The van der Waals surface area contributed by atoms with Crippen LogP contribution in [-0.4, -0.2) is 12.4 Å². The van der Waals surface area contributed by atoms with Crippen molar-refractivity contribution in [2.75, 3.05) is 0 Å². The minimum atomic E-state index is -6.20. The Morgan fingerprint density at radius 2 is 1.38 bits per heavy atom. The Kier molecular flexibility index (Phi) is 5.29. The van der Waals surface area contributed by atoms with Crippen molar-refractivity contribution in [3.05, 3.63) is 56.7 Å². The average Bonchev–Trinajstić information content (AvgIpc) is 2.51. The molecule has 0 saturated carbocycles. The Labute approximate surface area is 157 Å². The van der Waals surface area contributed by atoms with E-state index in [1.807, 2.05) is 0 Å². The molecule has 0 heterocycles. The van der Waals surface area contributed by atoms with Gasteiger partial charge >= 0.3 is 18.0 Å². The van der Waals surface area contributed by atoms with Crippen LogP contribution in [0.5, 0.6) is 0 Å². The topological polar surface area (TPSA) is 23.8 Å². The Morgan fingerprint density at radius 1 is 0.885 bits per heavy atom. The van der Waals surface area contributed by atoms with E-state index in [1.165, 1.54) is 37.3 Å². The highest BCUT2D eigenvalue weighted by molar-refractivity contribution is 14.1. The van der Waals surface area contributed by atoms with Crippen molar-refractivity contribution in [3.63, 3.8) is 0 Å². The third-order valence-electron chi connectivity index (χ3n) is 3.69. The molecule has 1 nitrogen and oxygen atoms in total. The van der Waals surface area contributed by atoms with Gasteiger partial charge in [0.1, 0.15) is 0 Å². The van der Waals surface area contributed by atoms with Crippen LogP contribution in [0.15, 0.2) is 36.4 Å². The number of aryl methyl sites for hydroxylation is 1. The number of hydrogen-bond acceptors (Lipinski definition) is 1. The van der Waals surface area contributed by atoms with E-state index in [1.54, 1.807) is 28.7 Å². The van der Waals surface area contributed by atoms with Crippen molar-refractivity contribution < 1.29 is 30.7 Å². The first-order valence-corrected chi connectivity index (χ1v) is 8.04. The highest BCUT2D eigenvalue weighted by Crippen LogP contribution is 2.56. The number of hydrogen-bond donors (Lipinski definition) is 0. The highest BCUT2D eigenvalue weighted by Gasteiger charge is 2.74. The van der Waals surface area contributed by atoms with Crippen LogP contribution >= 0.6 is 22.6 Å². The van der Waals surface area contributed by atoms with E-state index in [-0.39, 0.29) is 20.3 Å². The van der Waals surface area contributed by atoms with E-state index in [0.29, 0.717) is 6.07 Å². The number of halogens is 8. The van der Waals surface area contributed by atoms with E-state index in [4.69, 9.17) is 5.26 Å². The van der Waals surface area contributed by atoms with Crippen LogP contribution < -0.4 is 0 Å². The van der Waals surface area contributed by atoms with Crippen LogP contribution in [-0.2, 0) is 5.67 Å². The largest absolute Gasteiger partial charge is 0.435 e. The molecule has 0 unspecified atom stereocenters. The van der Waals surface area contributed by atoms with Crippen LogP contribution in [0, 0.1) is 21.8 Å². The van der Waals surface area contributed by atoms with Gasteiger partial charge in [-0.2, -0.15) is 31.6 Å². The predicted octanol–water partition coefficient (Wildman–Crippen LogP) is 6.43. The van der Waals surface area contributed by atoms with Crippen molar-refractivity contribution in [3.8, 4) is 17.2 Å². The zero-order valence-electron chi connectivity index (χ0n) is 12.9. The molecule has 0 radical (unpaired) electrons. The van der Waals surface area contributed by atoms with Crippen molar-refractivity contribution >= 4 is 22.6 Å². The highest BCUT2D eigenvalue weighted by atomic mass is 127. The number of benzene rings is 2. The second-order valence-electron chi connectivity index (χ2n) is 5.51. The fraction of sp³-hybridized carbons (Fsp3) is 0.235. The molecule has 0 aliphatic rings. The van der Waals surface area contributed by atoms with E-state index in [2.05, 4.69) is 0 Å². The van der Waals surface area contributed by atoms with Gasteiger partial charge < -0.3 is 0 Å². The van der Waals surface area contributed by atoms with Crippen LogP contribution in [0.4, 0.5) is 30.7 Å². The number of nitriles is 1. The van der Waals surface area contributed by atoms with Crippen molar-refractivity contribution in [2.45, 2.75) is 24.9 Å². The van der Waals surface area contributed by atoms with E-state index >= 15 is 0 Å². The van der Waals surface area contributed by atoms with Gasteiger partial charge in [-0.05, 0) is 58.8 Å². The maximum absolute atomic E-state index is 14.7. The Bertz CT molecular complexity index is 847. The van der Waals surface area contributed by atoms with Gasteiger partial charge in [-0.15, -0.1) is 0 Å². The molecule has 0 atom stereocenters. The monoisotopic (exact) mass is 487 g/mol. The molecule has 9 heteroatoms. The smallest absolute Gasteiger partial charge is 0.218 e. The lowest BCUT2D eigenvalue weighted by atomic mass is 9.86. The van der Waals surface area contributed by atoms with Gasteiger partial charge in [0.2, 0.25) is 0 Å². The van der Waals surface area contributed by atoms with Gasteiger partial charge in [-0.25, -0.2) is 4.39 Å². The van der Waals surface area contributed by atoms with Gasteiger partial charge in [0.25, 0.3) is 0 Å². The molecule has 2 aromatic carbocycles. The molecule has 0 spiro atoms. The summed E-state index contributed by atoms with van der Waals surface area (Å²) in [6, 6.07) is 8.52. The lowest BCUT2D eigenvalue weighted by Gasteiger charge is -2.32. The zero-order chi connectivity index (χ0) is 19.9.